The van der Waals surface area contributed by atoms with Crippen LogP contribution < -0.4 is 4.90 Å². The third kappa shape index (κ3) is 2.72. The van der Waals surface area contributed by atoms with Crippen molar-refractivity contribution in [2.45, 2.75) is 32.1 Å². The van der Waals surface area contributed by atoms with Gasteiger partial charge in [0, 0.05) is 24.8 Å². The van der Waals surface area contributed by atoms with Gasteiger partial charge in [-0.25, -0.2) is 9.97 Å². The Hall–Kier alpha value is -3.01. The molecule has 0 radical (unpaired) electrons. The first-order valence-corrected chi connectivity index (χ1v) is 9.51. The number of aryl methyl sites for hydroxylation is 1. The number of anilines is 2. The van der Waals surface area contributed by atoms with E-state index < -0.39 is 0 Å². The van der Waals surface area contributed by atoms with Gasteiger partial charge in [0.05, 0.1) is 11.3 Å². The average molecular weight is 355 g/mol. The number of aromatic nitrogens is 2. The van der Waals surface area contributed by atoms with Crippen LogP contribution in [0, 0.1) is 6.92 Å². The van der Waals surface area contributed by atoms with Crippen LogP contribution in [-0.2, 0) is 12.8 Å². The van der Waals surface area contributed by atoms with Gasteiger partial charge in [-0.1, -0.05) is 42.5 Å². The first-order valence-electron chi connectivity index (χ1n) is 9.51. The quantitative estimate of drug-likeness (QED) is 0.684. The molecule has 1 aromatic heterocycles. The molecule has 3 aromatic rings. The van der Waals surface area contributed by atoms with E-state index in [1.807, 2.05) is 12.1 Å². The summed E-state index contributed by atoms with van der Waals surface area (Å²) in [5, 5.41) is 0. The van der Waals surface area contributed by atoms with Crippen LogP contribution in [0.3, 0.4) is 0 Å². The highest BCUT2D eigenvalue weighted by atomic mass is 16.1. The summed E-state index contributed by atoms with van der Waals surface area (Å²) in [6, 6.07) is 16.7. The van der Waals surface area contributed by atoms with E-state index in [9.17, 15) is 4.79 Å². The minimum absolute atomic E-state index is 0.151. The summed E-state index contributed by atoms with van der Waals surface area (Å²) in [5.41, 5.74) is 6.57. The molecule has 27 heavy (non-hydrogen) atoms. The summed E-state index contributed by atoms with van der Waals surface area (Å²) >= 11 is 0. The molecule has 4 heteroatoms. The van der Waals surface area contributed by atoms with Gasteiger partial charge in [0.25, 0.3) is 0 Å². The second-order valence-electron chi connectivity index (χ2n) is 7.45. The number of carbonyl (C=O) groups is 1. The molecule has 1 unspecified atom stereocenters. The van der Waals surface area contributed by atoms with Crippen LogP contribution >= 0.6 is 0 Å². The zero-order valence-electron chi connectivity index (χ0n) is 15.4. The maximum absolute atomic E-state index is 12.7. The van der Waals surface area contributed by atoms with Gasteiger partial charge < -0.3 is 4.90 Å². The largest absolute Gasteiger partial charge is 0.310 e. The van der Waals surface area contributed by atoms with Gasteiger partial charge in [0.15, 0.2) is 5.78 Å². The summed E-state index contributed by atoms with van der Waals surface area (Å²) in [7, 11) is 0. The Morgan fingerprint density at radius 1 is 1.04 bits per heavy atom. The molecule has 1 aliphatic heterocycles. The fraction of sp³-hybridized carbons (Fsp3) is 0.261. The third-order valence-corrected chi connectivity index (χ3v) is 5.78. The Kier molecular flexibility index (Phi) is 3.78. The van der Waals surface area contributed by atoms with E-state index in [0.29, 0.717) is 17.9 Å². The predicted molar refractivity (Wildman–Crippen MR) is 106 cm³/mol. The van der Waals surface area contributed by atoms with Crippen LogP contribution in [0.4, 0.5) is 11.6 Å². The van der Waals surface area contributed by atoms with Crippen molar-refractivity contribution in [3.8, 4) is 0 Å². The molecule has 5 rings (SSSR count). The van der Waals surface area contributed by atoms with Crippen LogP contribution in [0.15, 0.2) is 54.7 Å². The zero-order valence-corrected chi connectivity index (χ0v) is 15.4. The minimum Gasteiger partial charge on any atom is -0.310 e. The van der Waals surface area contributed by atoms with Crippen LogP contribution in [0.1, 0.15) is 45.1 Å². The molecule has 0 saturated carbocycles. The Balaban J connectivity index is 1.51. The lowest BCUT2D eigenvalue weighted by atomic mass is 9.81. The van der Waals surface area contributed by atoms with Crippen molar-refractivity contribution in [2.75, 3.05) is 11.4 Å². The molecule has 0 amide bonds. The molecule has 0 saturated heterocycles. The van der Waals surface area contributed by atoms with Crippen molar-refractivity contribution in [2.24, 2.45) is 0 Å². The fourth-order valence-electron chi connectivity index (χ4n) is 4.38. The monoisotopic (exact) mass is 355 g/mol. The molecular weight excluding hydrogens is 334 g/mol. The van der Waals surface area contributed by atoms with Gasteiger partial charge in [-0.05, 0) is 48.4 Å². The molecule has 0 bridgehead atoms. The lowest BCUT2D eigenvalue weighted by Crippen LogP contribution is -2.24. The topological polar surface area (TPSA) is 46.1 Å². The average Bonchev–Trinajstić information content (AvgIpc) is 3.12. The van der Waals surface area contributed by atoms with Gasteiger partial charge in [0.1, 0.15) is 0 Å². The normalized spacial score (nSPS) is 18.3. The Morgan fingerprint density at radius 2 is 1.85 bits per heavy atom. The number of ketones is 1. The maximum atomic E-state index is 12.7. The smallest absolute Gasteiger partial charge is 0.230 e. The molecular formula is C23H21N3O. The molecule has 0 N–H and O–H groups in total. The molecule has 134 valence electrons. The van der Waals surface area contributed by atoms with Crippen molar-refractivity contribution in [3.05, 3.63) is 82.7 Å². The van der Waals surface area contributed by atoms with E-state index in [2.05, 4.69) is 53.2 Å². The van der Waals surface area contributed by atoms with Gasteiger partial charge in [-0.15, -0.1) is 0 Å². The highest BCUT2D eigenvalue weighted by Gasteiger charge is 2.30. The number of para-hydroxylation sites is 1. The van der Waals surface area contributed by atoms with Crippen LogP contribution in [-0.4, -0.2) is 22.3 Å². The number of nitrogens with zero attached hydrogens (tertiary/aromatic N) is 3. The van der Waals surface area contributed by atoms with Gasteiger partial charge in [-0.2, -0.15) is 0 Å². The van der Waals surface area contributed by atoms with E-state index in [1.54, 1.807) is 6.20 Å². The third-order valence-electron chi connectivity index (χ3n) is 5.78. The summed E-state index contributed by atoms with van der Waals surface area (Å²) < 4.78 is 0. The van der Waals surface area contributed by atoms with E-state index in [4.69, 9.17) is 4.98 Å². The van der Waals surface area contributed by atoms with Crippen LogP contribution in [0.2, 0.25) is 0 Å². The summed E-state index contributed by atoms with van der Waals surface area (Å²) in [5.74, 6) is 1.05. The lowest BCUT2D eigenvalue weighted by Gasteiger charge is -2.26. The highest BCUT2D eigenvalue weighted by molar-refractivity contribution is 5.98. The number of Topliss-reactive ketones (excluding diaryl/α,β-unsaturated/α-hetero) is 1. The van der Waals surface area contributed by atoms with Crippen molar-refractivity contribution >= 4 is 17.4 Å². The Morgan fingerprint density at radius 3 is 2.74 bits per heavy atom. The van der Waals surface area contributed by atoms with E-state index in [0.717, 1.165) is 25.1 Å². The highest BCUT2D eigenvalue weighted by Crippen LogP contribution is 2.36. The Bertz CT molecular complexity index is 1040. The number of carbonyl (C=O) groups excluding carboxylic acids is 1. The number of rotatable bonds is 2. The number of hydrogen-bond donors (Lipinski definition) is 0. The van der Waals surface area contributed by atoms with Crippen LogP contribution in [0.5, 0.6) is 0 Å². The number of hydrogen-bond acceptors (Lipinski definition) is 4. The predicted octanol–water partition coefficient (Wildman–Crippen LogP) is 4.39. The summed E-state index contributed by atoms with van der Waals surface area (Å²) in [6.45, 7) is 3.00. The number of benzene rings is 2. The molecule has 2 aromatic carbocycles. The lowest BCUT2D eigenvalue weighted by molar-refractivity contribution is 0.0962. The summed E-state index contributed by atoms with van der Waals surface area (Å²) in [6.07, 6.45) is 4.06. The van der Waals surface area contributed by atoms with Crippen molar-refractivity contribution < 1.29 is 4.79 Å². The van der Waals surface area contributed by atoms with Gasteiger partial charge >= 0.3 is 0 Å². The fourth-order valence-corrected chi connectivity index (χ4v) is 4.38. The first-order chi connectivity index (χ1) is 13.2. The summed E-state index contributed by atoms with van der Waals surface area (Å²) in [4.78, 5) is 24.3. The minimum atomic E-state index is 0.151. The van der Waals surface area contributed by atoms with E-state index >= 15 is 0 Å². The molecule has 0 spiro atoms. The van der Waals surface area contributed by atoms with E-state index in [-0.39, 0.29) is 11.7 Å². The number of fused-ring (bicyclic) bond motifs is 2. The van der Waals surface area contributed by atoms with Gasteiger partial charge in [0.2, 0.25) is 5.95 Å². The second-order valence-corrected chi connectivity index (χ2v) is 7.45. The maximum Gasteiger partial charge on any atom is 0.230 e. The zero-order chi connectivity index (χ0) is 18.4. The van der Waals surface area contributed by atoms with Crippen molar-refractivity contribution in [1.82, 2.24) is 9.97 Å². The molecule has 4 nitrogen and oxygen atoms in total. The van der Waals surface area contributed by atoms with E-state index in [1.165, 1.54) is 22.4 Å². The van der Waals surface area contributed by atoms with Gasteiger partial charge in [-0.3, -0.25) is 4.79 Å². The van der Waals surface area contributed by atoms with Crippen molar-refractivity contribution in [1.29, 1.82) is 0 Å². The second kappa shape index (κ2) is 6.31. The molecule has 1 aliphatic carbocycles. The molecule has 2 aliphatic rings. The molecule has 0 fully saturated rings. The Labute approximate surface area is 158 Å². The molecule has 1 atom stereocenters. The van der Waals surface area contributed by atoms with Crippen LogP contribution in [0.25, 0.3) is 0 Å². The van der Waals surface area contributed by atoms with Crippen molar-refractivity contribution in [3.63, 3.8) is 0 Å². The first kappa shape index (κ1) is 16.2. The molecule has 2 heterocycles. The standard InChI is InChI=1S/C23H21N3O/c1-15-6-2-4-8-18(15)17-12-20-19(22(27)13-17)14-24-23(25-20)26-11-10-16-7-3-5-9-21(16)26/h2-9,14,17H,10-13H2,1H3. The SMILES string of the molecule is Cc1ccccc1C1CC(=O)c2cnc(N3CCc4ccccc43)nc2C1.